The Morgan fingerprint density at radius 2 is 2.09 bits per heavy atom. The van der Waals surface area contributed by atoms with Gasteiger partial charge in [-0.2, -0.15) is 0 Å². The Bertz CT molecular complexity index is 164. The van der Waals surface area contributed by atoms with Crippen molar-refractivity contribution in [1.29, 1.82) is 0 Å². The molecule has 0 atom stereocenters. The number of hydrogen-bond acceptors (Lipinski definition) is 1. The number of allylic oxidation sites excluding steroid dienone is 4. The molecule has 0 saturated heterocycles. The Hall–Kier alpha value is -0.980. The summed E-state index contributed by atoms with van der Waals surface area (Å²) in [5.74, 6) is 0. The first-order valence-electron chi connectivity index (χ1n) is 3.89. The van der Waals surface area contributed by atoms with E-state index in [2.05, 4.69) is 30.6 Å². The van der Waals surface area contributed by atoms with Crippen molar-refractivity contribution < 1.29 is 0 Å². The summed E-state index contributed by atoms with van der Waals surface area (Å²) in [6.07, 6.45) is 9.03. The van der Waals surface area contributed by atoms with Crippen LogP contribution in [0, 0.1) is 0 Å². The molecule has 0 aromatic carbocycles. The van der Waals surface area contributed by atoms with Crippen molar-refractivity contribution in [1.82, 2.24) is 4.90 Å². The second-order valence-corrected chi connectivity index (χ2v) is 2.53. The Morgan fingerprint density at radius 3 is 2.45 bits per heavy atom. The summed E-state index contributed by atoms with van der Waals surface area (Å²) in [5.41, 5.74) is 1.23. The molecule has 0 unspecified atom stereocenters. The summed E-state index contributed by atoms with van der Waals surface area (Å²) in [7, 11) is 4.07. The highest BCUT2D eigenvalue weighted by Gasteiger charge is 1.90. The quantitative estimate of drug-likeness (QED) is 0.558. The van der Waals surface area contributed by atoms with Crippen LogP contribution in [0.25, 0.3) is 0 Å². The summed E-state index contributed by atoms with van der Waals surface area (Å²) in [6, 6.07) is 0. The van der Waals surface area contributed by atoms with Crippen LogP contribution in [-0.2, 0) is 0 Å². The maximum atomic E-state index is 3.62. The summed E-state index contributed by atoms with van der Waals surface area (Å²) in [5, 5.41) is 0. The molecule has 62 valence electrons. The van der Waals surface area contributed by atoms with Crippen LogP contribution in [0.1, 0.15) is 13.3 Å². The highest BCUT2D eigenvalue weighted by Crippen LogP contribution is 2.01. The first-order valence-corrected chi connectivity index (χ1v) is 3.89. The average Bonchev–Trinajstić information content (AvgIpc) is 1.97. The van der Waals surface area contributed by atoms with E-state index in [-0.39, 0.29) is 0 Å². The SMILES string of the molecule is C=C/C=C\C(=C/CC)N(C)C. The minimum Gasteiger partial charge on any atom is -0.378 e. The normalized spacial score (nSPS) is 12.1. The largest absolute Gasteiger partial charge is 0.378 e. The zero-order valence-electron chi connectivity index (χ0n) is 7.67. The summed E-state index contributed by atoms with van der Waals surface area (Å²) < 4.78 is 0. The van der Waals surface area contributed by atoms with Gasteiger partial charge in [-0.25, -0.2) is 0 Å². The molecule has 0 aromatic rings. The predicted octanol–water partition coefficient (Wildman–Crippen LogP) is 2.58. The van der Waals surface area contributed by atoms with Gasteiger partial charge in [0, 0.05) is 19.8 Å². The molecule has 0 amide bonds. The fraction of sp³-hybridized carbons (Fsp3) is 0.400. The monoisotopic (exact) mass is 151 g/mol. The van der Waals surface area contributed by atoms with Crippen LogP contribution < -0.4 is 0 Å². The second-order valence-electron chi connectivity index (χ2n) is 2.53. The summed E-state index contributed by atoms with van der Waals surface area (Å²) >= 11 is 0. The molecule has 0 rings (SSSR count). The lowest BCUT2D eigenvalue weighted by Gasteiger charge is -2.12. The van der Waals surface area contributed by atoms with E-state index in [0.29, 0.717) is 0 Å². The van der Waals surface area contributed by atoms with Gasteiger partial charge in [0.15, 0.2) is 0 Å². The van der Waals surface area contributed by atoms with E-state index in [1.165, 1.54) is 5.70 Å². The van der Waals surface area contributed by atoms with Crippen molar-refractivity contribution >= 4 is 0 Å². The van der Waals surface area contributed by atoms with E-state index in [0.717, 1.165) is 6.42 Å². The van der Waals surface area contributed by atoms with Crippen LogP contribution in [0.15, 0.2) is 36.6 Å². The Morgan fingerprint density at radius 1 is 1.45 bits per heavy atom. The van der Waals surface area contributed by atoms with Gasteiger partial charge < -0.3 is 4.90 Å². The Labute approximate surface area is 69.7 Å². The third-order valence-corrected chi connectivity index (χ3v) is 1.33. The zero-order valence-corrected chi connectivity index (χ0v) is 7.67. The number of nitrogens with zero attached hydrogens (tertiary/aromatic N) is 1. The molecule has 1 heteroatoms. The van der Waals surface area contributed by atoms with Crippen molar-refractivity contribution in [2.75, 3.05) is 14.1 Å². The molecule has 0 aliphatic carbocycles. The van der Waals surface area contributed by atoms with Crippen molar-refractivity contribution in [3.05, 3.63) is 36.6 Å². The Kier molecular flexibility index (Phi) is 5.26. The number of hydrogen-bond donors (Lipinski definition) is 0. The first-order chi connectivity index (χ1) is 5.22. The van der Waals surface area contributed by atoms with Gasteiger partial charge in [-0.1, -0.05) is 31.7 Å². The van der Waals surface area contributed by atoms with Crippen molar-refractivity contribution in [2.45, 2.75) is 13.3 Å². The van der Waals surface area contributed by atoms with Crippen LogP contribution in [0.3, 0.4) is 0 Å². The van der Waals surface area contributed by atoms with Crippen molar-refractivity contribution in [3.63, 3.8) is 0 Å². The highest BCUT2D eigenvalue weighted by molar-refractivity contribution is 5.19. The maximum absolute atomic E-state index is 3.62. The molecular weight excluding hydrogens is 134 g/mol. The van der Waals surface area contributed by atoms with Crippen LogP contribution in [0.2, 0.25) is 0 Å². The molecule has 0 fully saturated rings. The van der Waals surface area contributed by atoms with Crippen LogP contribution >= 0.6 is 0 Å². The summed E-state index contributed by atoms with van der Waals surface area (Å²) in [6.45, 7) is 5.75. The third kappa shape index (κ3) is 4.43. The molecule has 0 aromatic heterocycles. The number of likely N-dealkylation sites (N-methyl/N-ethyl adjacent to an activating group) is 1. The van der Waals surface area contributed by atoms with Gasteiger partial charge in [-0.05, 0) is 12.5 Å². The minimum atomic E-state index is 1.06. The molecule has 0 aliphatic heterocycles. The fourth-order valence-electron chi connectivity index (χ4n) is 0.775. The van der Waals surface area contributed by atoms with Gasteiger partial charge in [0.1, 0.15) is 0 Å². The van der Waals surface area contributed by atoms with E-state index < -0.39 is 0 Å². The molecule has 1 nitrogen and oxygen atoms in total. The lowest BCUT2D eigenvalue weighted by Crippen LogP contribution is -2.08. The Balaban J connectivity index is 4.22. The zero-order chi connectivity index (χ0) is 8.69. The van der Waals surface area contributed by atoms with Gasteiger partial charge in [0.05, 0.1) is 0 Å². The van der Waals surface area contributed by atoms with Gasteiger partial charge in [-0.3, -0.25) is 0 Å². The fourth-order valence-corrected chi connectivity index (χ4v) is 0.775. The maximum Gasteiger partial charge on any atom is 0.0320 e. The predicted molar refractivity (Wildman–Crippen MR) is 51.4 cm³/mol. The third-order valence-electron chi connectivity index (χ3n) is 1.33. The van der Waals surface area contributed by atoms with Gasteiger partial charge in [-0.15, -0.1) is 0 Å². The topological polar surface area (TPSA) is 3.24 Å². The lowest BCUT2D eigenvalue weighted by molar-refractivity contribution is 0.527. The van der Waals surface area contributed by atoms with Gasteiger partial charge in [0.25, 0.3) is 0 Å². The highest BCUT2D eigenvalue weighted by atomic mass is 15.1. The van der Waals surface area contributed by atoms with E-state index in [4.69, 9.17) is 0 Å². The molecule has 0 bridgehead atoms. The standard InChI is InChI=1S/C10H17N/c1-5-7-9-10(8-6-2)11(3)4/h5,7-9H,1,6H2,2-4H3/b9-7-,10-8+. The lowest BCUT2D eigenvalue weighted by atomic mass is 10.3. The molecule has 0 saturated carbocycles. The smallest absolute Gasteiger partial charge is 0.0320 e. The molecule has 0 radical (unpaired) electrons. The second kappa shape index (κ2) is 5.78. The first kappa shape index (κ1) is 10.0. The molecule has 11 heavy (non-hydrogen) atoms. The summed E-state index contributed by atoms with van der Waals surface area (Å²) in [4.78, 5) is 2.09. The minimum absolute atomic E-state index is 1.06. The van der Waals surface area contributed by atoms with Crippen LogP contribution in [-0.4, -0.2) is 19.0 Å². The molecule has 0 aliphatic rings. The van der Waals surface area contributed by atoms with Crippen LogP contribution in [0.5, 0.6) is 0 Å². The van der Waals surface area contributed by atoms with Gasteiger partial charge in [0.2, 0.25) is 0 Å². The molecule has 0 heterocycles. The average molecular weight is 151 g/mol. The van der Waals surface area contributed by atoms with Crippen molar-refractivity contribution in [3.8, 4) is 0 Å². The van der Waals surface area contributed by atoms with Gasteiger partial charge >= 0.3 is 0 Å². The molecule has 0 N–H and O–H groups in total. The van der Waals surface area contributed by atoms with E-state index in [9.17, 15) is 0 Å². The molecular formula is C10H17N. The van der Waals surface area contributed by atoms with E-state index in [1.807, 2.05) is 20.2 Å². The van der Waals surface area contributed by atoms with E-state index >= 15 is 0 Å². The van der Waals surface area contributed by atoms with E-state index in [1.54, 1.807) is 6.08 Å². The van der Waals surface area contributed by atoms with Crippen LogP contribution in [0.4, 0.5) is 0 Å². The number of rotatable bonds is 4. The molecule has 0 spiro atoms. The van der Waals surface area contributed by atoms with Crippen molar-refractivity contribution in [2.24, 2.45) is 0 Å².